The van der Waals surface area contributed by atoms with Crippen LogP contribution in [0.5, 0.6) is 0 Å². The number of likely N-dealkylation sites (N-methyl/N-ethyl adjacent to an activating group) is 1. The molecule has 0 fully saturated rings. The third-order valence-electron chi connectivity index (χ3n) is 2.15. The van der Waals surface area contributed by atoms with Crippen molar-refractivity contribution in [3.8, 4) is 6.07 Å². The Kier molecular flexibility index (Phi) is 4.20. The van der Waals surface area contributed by atoms with Crippen molar-refractivity contribution in [1.29, 1.82) is 5.26 Å². The summed E-state index contributed by atoms with van der Waals surface area (Å²) in [5.41, 5.74) is 1.51. The summed E-state index contributed by atoms with van der Waals surface area (Å²) in [6.45, 7) is 7.26. The van der Waals surface area contributed by atoms with E-state index in [2.05, 4.69) is 17.5 Å². The number of nitriles is 1. The monoisotopic (exact) mass is 220 g/mol. The molecule has 0 atom stereocenters. The van der Waals surface area contributed by atoms with E-state index in [0.29, 0.717) is 17.1 Å². The van der Waals surface area contributed by atoms with Gasteiger partial charge in [-0.05, 0) is 25.1 Å². The van der Waals surface area contributed by atoms with Crippen molar-refractivity contribution in [2.45, 2.75) is 6.92 Å². The van der Waals surface area contributed by atoms with Gasteiger partial charge in [-0.3, -0.25) is 0 Å². The third kappa shape index (κ3) is 2.74. The first-order valence-electron chi connectivity index (χ1n) is 4.78. The van der Waals surface area contributed by atoms with Crippen molar-refractivity contribution >= 4 is 17.3 Å². The molecule has 15 heavy (non-hydrogen) atoms. The molecule has 0 spiro atoms. The van der Waals surface area contributed by atoms with Crippen molar-refractivity contribution in [3.63, 3.8) is 0 Å². The molecule has 0 amide bonds. The first-order chi connectivity index (χ1) is 7.22. The van der Waals surface area contributed by atoms with Crippen molar-refractivity contribution < 1.29 is 0 Å². The van der Waals surface area contributed by atoms with E-state index in [1.807, 2.05) is 19.1 Å². The minimum absolute atomic E-state index is 0.642. The Morgan fingerprint density at radius 1 is 1.60 bits per heavy atom. The second-order valence-electron chi connectivity index (χ2n) is 3.10. The van der Waals surface area contributed by atoms with E-state index in [-0.39, 0.29) is 0 Å². The van der Waals surface area contributed by atoms with Crippen LogP contribution in [-0.4, -0.2) is 13.1 Å². The highest BCUT2D eigenvalue weighted by Crippen LogP contribution is 2.24. The van der Waals surface area contributed by atoms with Gasteiger partial charge in [0.2, 0.25) is 0 Å². The zero-order valence-corrected chi connectivity index (χ0v) is 9.46. The Hall–Kier alpha value is -1.46. The van der Waals surface area contributed by atoms with E-state index < -0.39 is 0 Å². The summed E-state index contributed by atoms with van der Waals surface area (Å²) in [4.78, 5) is 2.05. The van der Waals surface area contributed by atoms with Crippen LogP contribution in [0.3, 0.4) is 0 Å². The fourth-order valence-electron chi connectivity index (χ4n) is 1.41. The molecule has 0 aromatic heterocycles. The number of benzene rings is 1. The van der Waals surface area contributed by atoms with Gasteiger partial charge in [0, 0.05) is 18.1 Å². The van der Waals surface area contributed by atoms with Crippen LogP contribution in [0.4, 0.5) is 5.69 Å². The minimum Gasteiger partial charge on any atom is -0.367 e. The highest BCUT2D eigenvalue weighted by atomic mass is 35.5. The van der Waals surface area contributed by atoms with Crippen molar-refractivity contribution in [2.75, 3.05) is 18.0 Å². The number of nitrogens with zero attached hydrogens (tertiary/aromatic N) is 2. The Morgan fingerprint density at radius 3 is 2.87 bits per heavy atom. The average molecular weight is 221 g/mol. The molecule has 0 unspecified atom stereocenters. The molecular weight excluding hydrogens is 208 g/mol. The molecule has 0 N–H and O–H groups in total. The highest BCUT2D eigenvalue weighted by Gasteiger charge is 2.08. The fraction of sp³-hybridized carbons (Fsp3) is 0.250. The van der Waals surface area contributed by atoms with Crippen LogP contribution in [0.15, 0.2) is 30.9 Å². The van der Waals surface area contributed by atoms with Crippen LogP contribution in [0, 0.1) is 11.3 Å². The zero-order valence-electron chi connectivity index (χ0n) is 8.70. The molecule has 0 aliphatic heterocycles. The van der Waals surface area contributed by atoms with Gasteiger partial charge >= 0.3 is 0 Å². The van der Waals surface area contributed by atoms with Gasteiger partial charge in [-0.15, -0.1) is 6.58 Å². The minimum atomic E-state index is 0.642. The molecule has 0 aliphatic rings. The van der Waals surface area contributed by atoms with Crippen LogP contribution in [-0.2, 0) is 0 Å². The smallest absolute Gasteiger partial charge is 0.101 e. The van der Waals surface area contributed by atoms with Gasteiger partial charge in [0.05, 0.1) is 11.3 Å². The van der Waals surface area contributed by atoms with E-state index in [1.165, 1.54) is 0 Å². The fourth-order valence-corrected chi connectivity index (χ4v) is 1.58. The largest absolute Gasteiger partial charge is 0.367 e. The van der Waals surface area contributed by atoms with E-state index >= 15 is 0 Å². The molecule has 1 rings (SSSR count). The number of rotatable bonds is 4. The maximum absolute atomic E-state index is 8.98. The maximum atomic E-state index is 8.98. The molecule has 0 radical (unpaired) electrons. The number of anilines is 1. The SMILES string of the molecule is C=CCN(CC)c1cc(Cl)ccc1C#N. The maximum Gasteiger partial charge on any atom is 0.101 e. The topological polar surface area (TPSA) is 27.0 Å². The molecule has 0 heterocycles. The third-order valence-corrected chi connectivity index (χ3v) is 2.39. The lowest BCUT2D eigenvalue weighted by Gasteiger charge is -2.22. The highest BCUT2D eigenvalue weighted by molar-refractivity contribution is 6.30. The van der Waals surface area contributed by atoms with Crippen molar-refractivity contribution in [2.24, 2.45) is 0 Å². The number of hydrogen-bond acceptors (Lipinski definition) is 2. The molecule has 0 saturated heterocycles. The van der Waals surface area contributed by atoms with E-state index in [9.17, 15) is 0 Å². The predicted octanol–water partition coefficient (Wildman–Crippen LogP) is 3.22. The van der Waals surface area contributed by atoms with E-state index in [0.717, 1.165) is 12.2 Å². The van der Waals surface area contributed by atoms with Crippen LogP contribution in [0.25, 0.3) is 0 Å². The first-order valence-corrected chi connectivity index (χ1v) is 5.16. The Morgan fingerprint density at radius 2 is 2.33 bits per heavy atom. The summed E-state index contributed by atoms with van der Waals surface area (Å²) >= 11 is 5.91. The molecular formula is C12H13ClN2. The molecule has 0 aliphatic carbocycles. The summed E-state index contributed by atoms with van der Waals surface area (Å²) in [5, 5.41) is 9.62. The van der Waals surface area contributed by atoms with E-state index in [1.54, 1.807) is 12.1 Å². The van der Waals surface area contributed by atoms with Gasteiger partial charge in [-0.1, -0.05) is 17.7 Å². The van der Waals surface area contributed by atoms with Gasteiger partial charge in [-0.2, -0.15) is 5.26 Å². The normalized spacial score (nSPS) is 9.40. The number of halogens is 1. The summed E-state index contributed by atoms with van der Waals surface area (Å²) in [5.74, 6) is 0. The standard InChI is InChI=1S/C12H13ClN2/c1-3-7-15(4-2)12-8-11(13)6-5-10(12)9-14/h3,5-6,8H,1,4,7H2,2H3. The lowest BCUT2D eigenvalue weighted by Crippen LogP contribution is -2.23. The summed E-state index contributed by atoms with van der Waals surface area (Å²) in [6, 6.07) is 7.44. The van der Waals surface area contributed by atoms with E-state index in [4.69, 9.17) is 16.9 Å². The van der Waals surface area contributed by atoms with Gasteiger partial charge in [0.25, 0.3) is 0 Å². The van der Waals surface area contributed by atoms with Gasteiger partial charge in [0.15, 0.2) is 0 Å². The van der Waals surface area contributed by atoms with Crippen LogP contribution in [0.1, 0.15) is 12.5 Å². The summed E-state index contributed by atoms with van der Waals surface area (Å²) < 4.78 is 0. The van der Waals surface area contributed by atoms with Crippen molar-refractivity contribution in [3.05, 3.63) is 41.4 Å². The predicted molar refractivity (Wildman–Crippen MR) is 64.3 cm³/mol. The molecule has 1 aromatic carbocycles. The van der Waals surface area contributed by atoms with Crippen LogP contribution in [0.2, 0.25) is 5.02 Å². The summed E-state index contributed by atoms with van der Waals surface area (Å²) in [6.07, 6.45) is 1.81. The van der Waals surface area contributed by atoms with Crippen molar-refractivity contribution in [1.82, 2.24) is 0 Å². The lowest BCUT2D eigenvalue weighted by atomic mass is 10.1. The molecule has 0 saturated carbocycles. The summed E-state index contributed by atoms with van der Waals surface area (Å²) in [7, 11) is 0. The Labute approximate surface area is 95.4 Å². The molecule has 2 nitrogen and oxygen atoms in total. The Balaban J connectivity index is 3.14. The lowest BCUT2D eigenvalue weighted by molar-refractivity contribution is 0.905. The Bertz CT molecular complexity index is 393. The second kappa shape index (κ2) is 5.43. The van der Waals surface area contributed by atoms with Gasteiger partial charge in [0.1, 0.15) is 6.07 Å². The van der Waals surface area contributed by atoms with Crippen LogP contribution < -0.4 is 4.90 Å². The molecule has 0 bridgehead atoms. The van der Waals surface area contributed by atoms with Crippen LogP contribution >= 0.6 is 11.6 Å². The van der Waals surface area contributed by atoms with Gasteiger partial charge in [-0.25, -0.2) is 0 Å². The first kappa shape index (κ1) is 11.6. The quantitative estimate of drug-likeness (QED) is 0.729. The zero-order chi connectivity index (χ0) is 11.3. The number of hydrogen-bond donors (Lipinski definition) is 0. The molecule has 78 valence electrons. The second-order valence-corrected chi connectivity index (χ2v) is 3.54. The molecule has 3 heteroatoms. The van der Waals surface area contributed by atoms with Gasteiger partial charge < -0.3 is 4.90 Å². The molecule has 1 aromatic rings. The average Bonchev–Trinajstić information content (AvgIpc) is 2.26.